The molecule has 0 bridgehead atoms. The average molecular weight is 351 g/mol. The molecule has 0 unspecified atom stereocenters. The molecule has 0 aliphatic heterocycles. The van der Waals surface area contributed by atoms with Crippen LogP contribution < -0.4 is 15.8 Å². The second-order valence-corrected chi connectivity index (χ2v) is 5.72. The summed E-state index contributed by atoms with van der Waals surface area (Å²) in [6.45, 7) is 2.02. The lowest BCUT2D eigenvalue weighted by Gasteiger charge is -2.14. The highest BCUT2D eigenvalue weighted by atomic mass is 79.9. The van der Waals surface area contributed by atoms with Crippen LogP contribution in [-0.4, -0.2) is 12.1 Å². The van der Waals surface area contributed by atoms with Gasteiger partial charge in [-0.05, 0) is 48.9 Å². The summed E-state index contributed by atoms with van der Waals surface area (Å²) in [6.07, 6.45) is 0. The molecule has 0 saturated carbocycles. The SMILES string of the molecule is COc1ccc(Nc2ccc(Br)cc2C(N)=S)c(C)c1. The number of halogens is 1. The molecule has 0 spiro atoms. The van der Waals surface area contributed by atoms with Gasteiger partial charge in [-0.1, -0.05) is 28.1 Å². The normalized spacial score (nSPS) is 10.2. The number of ether oxygens (including phenoxy) is 1. The minimum Gasteiger partial charge on any atom is -0.497 e. The van der Waals surface area contributed by atoms with Crippen molar-refractivity contribution in [2.24, 2.45) is 5.73 Å². The van der Waals surface area contributed by atoms with Crippen LogP contribution in [0.5, 0.6) is 5.75 Å². The smallest absolute Gasteiger partial charge is 0.119 e. The first-order valence-corrected chi connectivity index (χ1v) is 7.22. The monoisotopic (exact) mass is 350 g/mol. The fourth-order valence-corrected chi connectivity index (χ4v) is 2.41. The van der Waals surface area contributed by atoms with Gasteiger partial charge < -0.3 is 15.8 Å². The molecular formula is C15H15BrN2OS. The lowest BCUT2D eigenvalue weighted by Crippen LogP contribution is -2.12. The molecule has 2 aromatic carbocycles. The van der Waals surface area contributed by atoms with Gasteiger partial charge in [-0.25, -0.2) is 0 Å². The van der Waals surface area contributed by atoms with Crippen molar-refractivity contribution in [1.82, 2.24) is 0 Å². The van der Waals surface area contributed by atoms with E-state index in [1.165, 1.54) is 0 Å². The van der Waals surface area contributed by atoms with Crippen LogP contribution in [-0.2, 0) is 0 Å². The Morgan fingerprint density at radius 2 is 1.90 bits per heavy atom. The Morgan fingerprint density at radius 3 is 2.50 bits per heavy atom. The highest BCUT2D eigenvalue weighted by Gasteiger charge is 2.08. The number of aryl methyl sites for hydroxylation is 1. The molecule has 0 fully saturated rings. The molecule has 0 saturated heterocycles. The van der Waals surface area contributed by atoms with Gasteiger partial charge in [0.2, 0.25) is 0 Å². The molecule has 0 aliphatic rings. The number of methoxy groups -OCH3 is 1. The third kappa shape index (κ3) is 3.29. The van der Waals surface area contributed by atoms with E-state index in [0.717, 1.165) is 32.7 Å². The van der Waals surface area contributed by atoms with Gasteiger partial charge in [0.05, 0.1) is 7.11 Å². The van der Waals surface area contributed by atoms with E-state index in [4.69, 9.17) is 22.7 Å². The van der Waals surface area contributed by atoms with Crippen LogP contribution in [0.3, 0.4) is 0 Å². The summed E-state index contributed by atoms with van der Waals surface area (Å²) in [5.74, 6) is 0.832. The minimum absolute atomic E-state index is 0.361. The predicted molar refractivity (Wildman–Crippen MR) is 91.0 cm³/mol. The fraction of sp³-hybridized carbons (Fsp3) is 0.133. The molecule has 0 radical (unpaired) electrons. The molecule has 20 heavy (non-hydrogen) atoms. The number of hydrogen-bond donors (Lipinski definition) is 2. The van der Waals surface area contributed by atoms with Gasteiger partial charge in [-0.3, -0.25) is 0 Å². The van der Waals surface area contributed by atoms with E-state index >= 15 is 0 Å². The number of hydrogen-bond acceptors (Lipinski definition) is 3. The number of nitrogens with one attached hydrogen (secondary N) is 1. The fourth-order valence-electron chi connectivity index (χ4n) is 1.88. The van der Waals surface area contributed by atoms with Gasteiger partial charge in [0, 0.05) is 21.4 Å². The van der Waals surface area contributed by atoms with Crippen molar-refractivity contribution in [3.05, 3.63) is 52.0 Å². The zero-order valence-corrected chi connectivity index (χ0v) is 13.6. The zero-order valence-electron chi connectivity index (χ0n) is 11.2. The van der Waals surface area contributed by atoms with Crippen molar-refractivity contribution in [1.29, 1.82) is 0 Å². The Hall–Kier alpha value is -1.59. The molecule has 3 nitrogen and oxygen atoms in total. The Balaban J connectivity index is 2.37. The number of thiocarbonyl (C=S) groups is 1. The highest BCUT2D eigenvalue weighted by molar-refractivity contribution is 9.10. The quantitative estimate of drug-likeness (QED) is 0.813. The van der Waals surface area contributed by atoms with Gasteiger partial charge in [-0.15, -0.1) is 0 Å². The molecule has 0 atom stereocenters. The van der Waals surface area contributed by atoms with E-state index < -0.39 is 0 Å². The van der Waals surface area contributed by atoms with Gasteiger partial charge in [0.25, 0.3) is 0 Å². The molecule has 104 valence electrons. The molecule has 3 N–H and O–H groups in total. The van der Waals surface area contributed by atoms with Gasteiger partial charge in [0.15, 0.2) is 0 Å². The second kappa shape index (κ2) is 6.24. The second-order valence-electron chi connectivity index (χ2n) is 4.36. The average Bonchev–Trinajstić information content (AvgIpc) is 2.42. The van der Waals surface area contributed by atoms with Gasteiger partial charge >= 0.3 is 0 Å². The van der Waals surface area contributed by atoms with Crippen LogP contribution in [0.15, 0.2) is 40.9 Å². The van der Waals surface area contributed by atoms with Crippen LogP contribution in [0.1, 0.15) is 11.1 Å². The van der Waals surface area contributed by atoms with Gasteiger partial charge in [-0.2, -0.15) is 0 Å². The molecule has 0 heterocycles. The maximum Gasteiger partial charge on any atom is 0.119 e. The number of anilines is 2. The topological polar surface area (TPSA) is 47.3 Å². The molecule has 2 rings (SSSR count). The summed E-state index contributed by atoms with van der Waals surface area (Å²) >= 11 is 8.52. The van der Waals surface area contributed by atoms with E-state index in [1.54, 1.807) is 7.11 Å². The van der Waals surface area contributed by atoms with Crippen molar-refractivity contribution in [2.45, 2.75) is 6.92 Å². The lowest BCUT2D eigenvalue weighted by atomic mass is 10.1. The highest BCUT2D eigenvalue weighted by Crippen LogP contribution is 2.28. The summed E-state index contributed by atoms with van der Waals surface area (Å²) in [6, 6.07) is 11.7. The van der Waals surface area contributed by atoms with Crippen molar-refractivity contribution in [3.8, 4) is 5.75 Å². The van der Waals surface area contributed by atoms with Crippen LogP contribution in [0.4, 0.5) is 11.4 Å². The molecule has 0 aliphatic carbocycles. The minimum atomic E-state index is 0.361. The van der Waals surface area contributed by atoms with Gasteiger partial charge in [0.1, 0.15) is 10.7 Å². The lowest BCUT2D eigenvalue weighted by molar-refractivity contribution is 0.414. The summed E-state index contributed by atoms with van der Waals surface area (Å²) in [4.78, 5) is 0.361. The number of benzene rings is 2. The first-order chi connectivity index (χ1) is 9.51. The Kier molecular flexibility index (Phi) is 4.62. The molecular weight excluding hydrogens is 336 g/mol. The zero-order chi connectivity index (χ0) is 14.7. The van der Waals surface area contributed by atoms with E-state index in [0.29, 0.717) is 4.99 Å². The standard InChI is InChI=1S/C15H15BrN2OS/c1-9-7-11(19-2)4-6-13(9)18-14-5-3-10(16)8-12(14)15(17)20/h3-8,18H,1-2H3,(H2,17,20). The first kappa shape index (κ1) is 14.8. The molecule has 0 aromatic heterocycles. The van der Waals surface area contributed by atoms with Crippen LogP contribution in [0.25, 0.3) is 0 Å². The predicted octanol–water partition coefficient (Wildman–Crippen LogP) is 4.14. The van der Waals surface area contributed by atoms with Crippen molar-refractivity contribution < 1.29 is 4.74 Å². The Labute approximate surface area is 132 Å². The molecule has 2 aromatic rings. The van der Waals surface area contributed by atoms with E-state index in [2.05, 4.69) is 21.2 Å². The van der Waals surface area contributed by atoms with E-state index in [1.807, 2.05) is 43.3 Å². The molecule has 0 amide bonds. The number of nitrogens with two attached hydrogens (primary N) is 1. The van der Waals surface area contributed by atoms with Crippen molar-refractivity contribution >= 4 is 44.5 Å². The van der Waals surface area contributed by atoms with E-state index in [9.17, 15) is 0 Å². The third-order valence-electron chi connectivity index (χ3n) is 2.95. The van der Waals surface area contributed by atoms with Crippen molar-refractivity contribution in [2.75, 3.05) is 12.4 Å². The Morgan fingerprint density at radius 1 is 1.20 bits per heavy atom. The van der Waals surface area contributed by atoms with Crippen LogP contribution in [0, 0.1) is 6.92 Å². The van der Waals surface area contributed by atoms with Crippen molar-refractivity contribution in [3.63, 3.8) is 0 Å². The maximum absolute atomic E-state index is 5.77. The summed E-state index contributed by atoms with van der Waals surface area (Å²) < 4.78 is 6.15. The third-order valence-corrected chi connectivity index (χ3v) is 3.66. The maximum atomic E-state index is 5.77. The van der Waals surface area contributed by atoms with Crippen LogP contribution in [0.2, 0.25) is 0 Å². The summed E-state index contributed by atoms with van der Waals surface area (Å²) in [5, 5.41) is 3.36. The number of rotatable bonds is 4. The Bertz CT molecular complexity index is 658. The largest absolute Gasteiger partial charge is 0.497 e. The van der Waals surface area contributed by atoms with Crippen LogP contribution >= 0.6 is 28.1 Å². The first-order valence-electron chi connectivity index (χ1n) is 6.02. The summed E-state index contributed by atoms with van der Waals surface area (Å²) in [5.41, 5.74) is 9.54. The van der Waals surface area contributed by atoms with E-state index in [-0.39, 0.29) is 0 Å². The summed E-state index contributed by atoms with van der Waals surface area (Å²) in [7, 11) is 1.65. The molecule has 5 heteroatoms.